The third-order valence-corrected chi connectivity index (χ3v) is 5.01. The van der Waals surface area contributed by atoms with Crippen LogP contribution in [0.2, 0.25) is 0 Å². The number of aryl methyl sites for hydroxylation is 3. The molecule has 1 aliphatic rings. The highest BCUT2D eigenvalue weighted by Gasteiger charge is 2.26. The monoisotopic (exact) mass is 485 g/mol. The van der Waals surface area contributed by atoms with Gasteiger partial charge in [-0.15, -0.1) is 24.0 Å². The van der Waals surface area contributed by atoms with Crippen molar-refractivity contribution in [3.8, 4) is 0 Å². The Hall–Kier alpha value is -1.58. The fourth-order valence-electron chi connectivity index (χ4n) is 3.52. The first-order valence-corrected chi connectivity index (χ1v) is 9.67. The van der Waals surface area contributed by atoms with Crippen LogP contribution in [0.15, 0.2) is 29.8 Å². The molecule has 0 aliphatic carbocycles. The van der Waals surface area contributed by atoms with Crippen molar-refractivity contribution in [2.45, 2.75) is 45.6 Å². The van der Waals surface area contributed by atoms with Crippen molar-refractivity contribution in [2.24, 2.45) is 12.0 Å². The average molecular weight is 485 g/mol. The van der Waals surface area contributed by atoms with Gasteiger partial charge in [0.25, 0.3) is 0 Å². The van der Waals surface area contributed by atoms with Gasteiger partial charge in [0.2, 0.25) is 0 Å². The van der Waals surface area contributed by atoms with E-state index in [9.17, 15) is 0 Å². The highest BCUT2D eigenvalue weighted by atomic mass is 127. The van der Waals surface area contributed by atoms with E-state index in [2.05, 4.69) is 38.0 Å². The van der Waals surface area contributed by atoms with Crippen molar-refractivity contribution in [3.05, 3.63) is 36.2 Å². The first-order valence-electron chi connectivity index (χ1n) is 9.67. The summed E-state index contributed by atoms with van der Waals surface area (Å²) in [6.45, 7) is 9.04. The Labute approximate surface area is 179 Å². The molecule has 0 aromatic carbocycles. The van der Waals surface area contributed by atoms with Crippen LogP contribution in [-0.4, -0.2) is 56.4 Å². The number of hydrogen-bond donors (Lipinski definition) is 1. The summed E-state index contributed by atoms with van der Waals surface area (Å²) in [4.78, 5) is 11.5. The lowest BCUT2D eigenvalue weighted by Crippen LogP contribution is -2.40. The average Bonchev–Trinajstić information content (AvgIpc) is 3.35. The second kappa shape index (κ2) is 10.7. The van der Waals surface area contributed by atoms with Crippen LogP contribution in [0.3, 0.4) is 0 Å². The van der Waals surface area contributed by atoms with Gasteiger partial charge in [0.1, 0.15) is 5.82 Å². The SMILES string of the molecule is CCNC(=NCCCCn1ccnc1C)N1CCC(c2cnn(C)c2)C1.I. The molecule has 27 heavy (non-hydrogen) atoms. The Morgan fingerprint density at radius 1 is 1.37 bits per heavy atom. The summed E-state index contributed by atoms with van der Waals surface area (Å²) in [6, 6.07) is 0. The number of aromatic nitrogens is 4. The zero-order chi connectivity index (χ0) is 18.4. The Balaban J connectivity index is 0.00000261. The topological polar surface area (TPSA) is 63.3 Å². The molecule has 1 fully saturated rings. The van der Waals surface area contributed by atoms with Crippen LogP contribution in [0.25, 0.3) is 0 Å². The number of nitrogens with zero attached hydrogens (tertiary/aromatic N) is 6. The molecule has 0 saturated carbocycles. The molecule has 2 aromatic heterocycles. The van der Waals surface area contributed by atoms with E-state index in [-0.39, 0.29) is 24.0 Å². The minimum atomic E-state index is 0. The first kappa shape index (κ1) is 21.7. The standard InChI is InChI=1S/C19H31N7.HI/c1-4-20-19(22-8-5-6-10-25-12-9-21-16(25)2)26-11-7-17(15-26)18-13-23-24(3)14-18;/h9,12-14,17H,4-8,10-11,15H2,1-3H3,(H,20,22);1H. The van der Waals surface area contributed by atoms with Gasteiger partial charge in [0.15, 0.2) is 5.96 Å². The van der Waals surface area contributed by atoms with Crippen LogP contribution in [0.1, 0.15) is 43.5 Å². The Bertz CT molecular complexity index is 721. The van der Waals surface area contributed by atoms with E-state index in [1.54, 1.807) is 0 Å². The largest absolute Gasteiger partial charge is 0.357 e. The third-order valence-electron chi connectivity index (χ3n) is 5.01. The van der Waals surface area contributed by atoms with Gasteiger partial charge in [-0.3, -0.25) is 9.67 Å². The smallest absolute Gasteiger partial charge is 0.193 e. The van der Waals surface area contributed by atoms with Gasteiger partial charge < -0.3 is 14.8 Å². The number of rotatable bonds is 7. The van der Waals surface area contributed by atoms with E-state index < -0.39 is 0 Å². The molecule has 0 bridgehead atoms. The predicted octanol–water partition coefficient (Wildman–Crippen LogP) is 2.78. The summed E-state index contributed by atoms with van der Waals surface area (Å²) < 4.78 is 4.09. The number of hydrogen-bond acceptors (Lipinski definition) is 3. The lowest BCUT2D eigenvalue weighted by atomic mass is 10.0. The molecule has 2 aromatic rings. The number of guanidine groups is 1. The molecule has 1 unspecified atom stereocenters. The zero-order valence-corrected chi connectivity index (χ0v) is 19.0. The summed E-state index contributed by atoms with van der Waals surface area (Å²) in [5.74, 6) is 2.69. The minimum absolute atomic E-state index is 0. The number of likely N-dealkylation sites (tertiary alicyclic amines) is 1. The van der Waals surface area contributed by atoms with Crippen LogP contribution in [0, 0.1) is 6.92 Å². The molecule has 1 atom stereocenters. The maximum atomic E-state index is 4.86. The fraction of sp³-hybridized carbons (Fsp3) is 0.632. The summed E-state index contributed by atoms with van der Waals surface area (Å²) in [5.41, 5.74) is 1.33. The maximum Gasteiger partial charge on any atom is 0.193 e. The highest BCUT2D eigenvalue weighted by molar-refractivity contribution is 14.0. The first-order chi connectivity index (χ1) is 12.7. The van der Waals surface area contributed by atoms with E-state index in [0.717, 1.165) is 63.8 Å². The van der Waals surface area contributed by atoms with Gasteiger partial charge in [0, 0.05) is 64.3 Å². The molecule has 7 nitrogen and oxygen atoms in total. The van der Waals surface area contributed by atoms with Crippen molar-refractivity contribution in [1.82, 2.24) is 29.5 Å². The van der Waals surface area contributed by atoms with E-state index in [4.69, 9.17) is 4.99 Å². The Morgan fingerprint density at radius 3 is 2.89 bits per heavy atom. The van der Waals surface area contributed by atoms with Crippen LogP contribution < -0.4 is 5.32 Å². The van der Waals surface area contributed by atoms with Gasteiger partial charge in [0.05, 0.1) is 6.20 Å². The number of halogens is 1. The molecule has 8 heteroatoms. The van der Waals surface area contributed by atoms with Crippen molar-refractivity contribution in [3.63, 3.8) is 0 Å². The second-order valence-corrected chi connectivity index (χ2v) is 6.99. The summed E-state index contributed by atoms with van der Waals surface area (Å²) in [6.07, 6.45) is 11.4. The number of nitrogens with one attached hydrogen (secondary N) is 1. The predicted molar refractivity (Wildman–Crippen MR) is 120 cm³/mol. The van der Waals surface area contributed by atoms with Gasteiger partial charge in [-0.05, 0) is 38.7 Å². The third kappa shape index (κ3) is 5.95. The van der Waals surface area contributed by atoms with Gasteiger partial charge in [-0.1, -0.05) is 0 Å². The quantitative estimate of drug-likeness (QED) is 0.284. The molecular weight excluding hydrogens is 453 g/mol. The minimum Gasteiger partial charge on any atom is -0.357 e. The van der Waals surface area contributed by atoms with Crippen LogP contribution >= 0.6 is 24.0 Å². The fourth-order valence-corrected chi connectivity index (χ4v) is 3.52. The molecule has 0 radical (unpaired) electrons. The summed E-state index contributed by atoms with van der Waals surface area (Å²) >= 11 is 0. The molecule has 0 spiro atoms. The number of aliphatic imine (C=N–C) groups is 1. The molecule has 150 valence electrons. The summed E-state index contributed by atoms with van der Waals surface area (Å²) in [5, 5.41) is 7.77. The zero-order valence-electron chi connectivity index (χ0n) is 16.6. The molecule has 3 heterocycles. The van der Waals surface area contributed by atoms with Crippen LogP contribution in [0.4, 0.5) is 0 Å². The number of unbranched alkanes of at least 4 members (excludes halogenated alkanes) is 1. The van der Waals surface area contributed by atoms with Crippen LogP contribution in [-0.2, 0) is 13.6 Å². The van der Waals surface area contributed by atoms with E-state index >= 15 is 0 Å². The van der Waals surface area contributed by atoms with Gasteiger partial charge in [-0.25, -0.2) is 4.98 Å². The Morgan fingerprint density at radius 2 is 2.22 bits per heavy atom. The van der Waals surface area contributed by atoms with Crippen molar-refractivity contribution in [2.75, 3.05) is 26.2 Å². The van der Waals surface area contributed by atoms with Crippen LogP contribution in [0.5, 0.6) is 0 Å². The summed E-state index contributed by atoms with van der Waals surface area (Å²) in [7, 11) is 1.98. The highest BCUT2D eigenvalue weighted by Crippen LogP contribution is 2.26. The molecule has 1 saturated heterocycles. The molecule has 3 rings (SSSR count). The lowest BCUT2D eigenvalue weighted by Gasteiger charge is -2.21. The maximum absolute atomic E-state index is 4.86. The molecule has 1 N–H and O–H groups in total. The second-order valence-electron chi connectivity index (χ2n) is 6.99. The van der Waals surface area contributed by atoms with Crippen molar-refractivity contribution in [1.29, 1.82) is 0 Å². The van der Waals surface area contributed by atoms with Crippen molar-refractivity contribution >= 4 is 29.9 Å². The molecule has 0 amide bonds. The molecular formula is C19H32IN7. The van der Waals surface area contributed by atoms with E-state index in [1.807, 2.05) is 37.2 Å². The van der Waals surface area contributed by atoms with E-state index in [0.29, 0.717) is 5.92 Å². The van der Waals surface area contributed by atoms with Crippen molar-refractivity contribution < 1.29 is 0 Å². The van der Waals surface area contributed by atoms with Gasteiger partial charge in [-0.2, -0.15) is 5.10 Å². The lowest BCUT2D eigenvalue weighted by molar-refractivity contribution is 0.484. The normalized spacial score (nSPS) is 17.2. The van der Waals surface area contributed by atoms with Gasteiger partial charge >= 0.3 is 0 Å². The molecule has 1 aliphatic heterocycles. The number of imidazole rings is 1. The Kier molecular flexibility index (Phi) is 8.59. The van der Waals surface area contributed by atoms with E-state index in [1.165, 1.54) is 5.56 Å².